The van der Waals surface area contributed by atoms with Crippen LogP contribution in [0.2, 0.25) is 0 Å². The van der Waals surface area contributed by atoms with Crippen LogP contribution in [0, 0.1) is 0 Å². The molecule has 84 valence electrons. The first-order valence-electron chi connectivity index (χ1n) is 4.87. The van der Waals surface area contributed by atoms with Gasteiger partial charge in [-0.3, -0.25) is 14.5 Å². The number of aliphatic hydroxyl groups is 2. The molecule has 0 aliphatic carbocycles. The Hall–Kier alpha value is -1.72. The highest BCUT2D eigenvalue weighted by molar-refractivity contribution is 6.21. The summed E-state index contributed by atoms with van der Waals surface area (Å²) in [5.74, 6) is -0.970. The normalized spacial score (nSPS) is 16.9. The Bertz CT molecular complexity index is 420. The minimum absolute atomic E-state index is 0.306. The molecule has 1 atom stereocenters. The van der Waals surface area contributed by atoms with Gasteiger partial charge in [0.25, 0.3) is 11.8 Å². The number of amides is 2. The molecule has 1 heterocycles. The molecule has 1 aliphatic rings. The Morgan fingerprint density at radius 1 is 1.06 bits per heavy atom. The second-order valence-electron chi connectivity index (χ2n) is 3.68. The van der Waals surface area contributed by atoms with E-state index in [1.54, 1.807) is 24.3 Å². The Morgan fingerprint density at radius 3 is 1.88 bits per heavy atom. The molecule has 0 spiro atoms. The fourth-order valence-electron chi connectivity index (χ4n) is 1.71. The summed E-state index contributed by atoms with van der Waals surface area (Å²) in [4.78, 5) is 24.5. The summed E-state index contributed by atoms with van der Waals surface area (Å²) in [6.07, 6.45) is -1.73. The fourth-order valence-corrected chi connectivity index (χ4v) is 1.71. The van der Waals surface area contributed by atoms with Crippen molar-refractivity contribution in [3.63, 3.8) is 0 Å². The molecule has 16 heavy (non-hydrogen) atoms. The Morgan fingerprint density at radius 2 is 1.50 bits per heavy atom. The standard InChI is InChI=1S/C11H11NO4/c1-6(11(15)16)12-9(13)7-4-2-3-5-8(7)10(12)14/h2-6,11,15-16H,1H3. The summed E-state index contributed by atoms with van der Waals surface area (Å²) in [5.41, 5.74) is 0.611. The number of aliphatic hydroxyl groups excluding tert-OH is 1. The van der Waals surface area contributed by atoms with Crippen molar-refractivity contribution in [2.24, 2.45) is 0 Å². The number of carbonyl (C=O) groups is 2. The minimum Gasteiger partial charge on any atom is -0.366 e. The maximum atomic E-state index is 11.8. The molecule has 0 aromatic heterocycles. The second-order valence-corrected chi connectivity index (χ2v) is 3.68. The van der Waals surface area contributed by atoms with Gasteiger partial charge in [-0.1, -0.05) is 12.1 Å². The van der Waals surface area contributed by atoms with Gasteiger partial charge in [0.15, 0.2) is 6.29 Å². The molecular weight excluding hydrogens is 210 g/mol. The van der Waals surface area contributed by atoms with Crippen molar-refractivity contribution in [2.75, 3.05) is 0 Å². The molecule has 0 radical (unpaired) electrons. The molecular formula is C11H11NO4. The highest BCUT2D eigenvalue weighted by Gasteiger charge is 2.39. The van der Waals surface area contributed by atoms with E-state index in [9.17, 15) is 9.59 Å². The van der Waals surface area contributed by atoms with E-state index in [0.29, 0.717) is 11.1 Å². The topological polar surface area (TPSA) is 77.8 Å². The molecule has 2 rings (SSSR count). The predicted octanol–water partition coefficient (Wildman–Crippen LogP) is -0.0182. The van der Waals surface area contributed by atoms with Gasteiger partial charge < -0.3 is 10.2 Å². The molecule has 0 saturated heterocycles. The number of hydrogen-bond donors (Lipinski definition) is 2. The van der Waals surface area contributed by atoms with Crippen molar-refractivity contribution in [1.29, 1.82) is 0 Å². The van der Waals surface area contributed by atoms with Gasteiger partial charge in [0.2, 0.25) is 0 Å². The first kappa shape index (κ1) is 10.8. The lowest BCUT2D eigenvalue weighted by Gasteiger charge is -2.23. The van der Waals surface area contributed by atoms with Crippen LogP contribution in [0.3, 0.4) is 0 Å². The molecule has 5 heteroatoms. The average molecular weight is 221 g/mol. The van der Waals surface area contributed by atoms with Crippen LogP contribution in [0.5, 0.6) is 0 Å². The van der Waals surface area contributed by atoms with Crippen LogP contribution >= 0.6 is 0 Å². The summed E-state index contributed by atoms with van der Waals surface area (Å²) < 4.78 is 0. The number of rotatable bonds is 2. The summed E-state index contributed by atoms with van der Waals surface area (Å²) in [6.45, 7) is 1.41. The molecule has 2 N–H and O–H groups in total. The molecule has 2 amide bonds. The number of hydrogen-bond acceptors (Lipinski definition) is 4. The van der Waals surface area contributed by atoms with E-state index in [2.05, 4.69) is 0 Å². The second kappa shape index (κ2) is 3.70. The summed E-state index contributed by atoms with van der Waals surface area (Å²) in [5, 5.41) is 18.0. The van der Waals surface area contributed by atoms with Gasteiger partial charge in [0.1, 0.15) is 0 Å². The molecule has 1 aromatic rings. The number of imide groups is 1. The van der Waals surface area contributed by atoms with Gasteiger partial charge >= 0.3 is 0 Å². The number of fused-ring (bicyclic) bond motifs is 1. The van der Waals surface area contributed by atoms with E-state index < -0.39 is 24.1 Å². The van der Waals surface area contributed by atoms with Crippen LogP contribution in [0.1, 0.15) is 27.6 Å². The maximum absolute atomic E-state index is 11.8. The largest absolute Gasteiger partial charge is 0.366 e. The van der Waals surface area contributed by atoms with E-state index in [0.717, 1.165) is 4.90 Å². The highest BCUT2D eigenvalue weighted by atomic mass is 16.5. The smallest absolute Gasteiger partial charge is 0.261 e. The predicted molar refractivity (Wildman–Crippen MR) is 54.6 cm³/mol. The Balaban J connectivity index is 2.43. The first-order chi connectivity index (χ1) is 7.54. The third-order valence-electron chi connectivity index (χ3n) is 2.66. The molecule has 0 fully saturated rings. The van der Waals surface area contributed by atoms with Gasteiger partial charge in [-0.25, -0.2) is 0 Å². The van der Waals surface area contributed by atoms with Crippen LogP contribution in [0.4, 0.5) is 0 Å². The Kier molecular flexibility index (Phi) is 2.49. The third kappa shape index (κ3) is 1.41. The zero-order chi connectivity index (χ0) is 11.9. The number of carbonyl (C=O) groups excluding carboxylic acids is 2. The fraction of sp³-hybridized carbons (Fsp3) is 0.273. The van der Waals surface area contributed by atoms with Gasteiger partial charge in [-0.15, -0.1) is 0 Å². The lowest BCUT2D eigenvalue weighted by atomic mass is 10.1. The maximum Gasteiger partial charge on any atom is 0.261 e. The van der Waals surface area contributed by atoms with E-state index >= 15 is 0 Å². The molecule has 1 aliphatic heterocycles. The van der Waals surface area contributed by atoms with E-state index in [-0.39, 0.29) is 0 Å². The zero-order valence-corrected chi connectivity index (χ0v) is 8.62. The van der Waals surface area contributed by atoms with E-state index in [1.165, 1.54) is 6.92 Å². The number of benzene rings is 1. The van der Waals surface area contributed by atoms with Crippen molar-refractivity contribution in [3.8, 4) is 0 Å². The van der Waals surface area contributed by atoms with Crippen LogP contribution in [-0.4, -0.2) is 39.3 Å². The van der Waals surface area contributed by atoms with Crippen molar-refractivity contribution < 1.29 is 19.8 Å². The van der Waals surface area contributed by atoms with Crippen molar-refractivity contribution in [2.45, 2.75) is 19.3 Å². The Labute approximate surface area is 91.9 Å². The van der Waals surface area contributed by atoms with Crippen molar-refractivity contribution in [1.82, 2.24) is 4.90 Å². The van der Waals surface area contributed by atoms with Crippen molar-refractivity contribution in [3.05, 3.63) is 35.4 Å². The lowest BCUT2D eigenvalue weighted by Crippen LogP contribution is -2.44. The van der Waals surface area contributed by atoms with Gasteiger partial charge in [0, 0.05) is 0 Å². The monoisotopic (exact) mass is 221 g/mol. The third-order valence-corrected chi connectivity index (χ3v) is 2.66. The first-order valence-corrected chi connectivity index (χ1v) is 4.87. The van der Waals surface area contributed by atoms with Crippen LogP contribution < -0.4 is 0 Å². The zero-order valence-electron chi connectivity index (χ0n) is 8.62. The molecule has 1 unspecified atom stereocenters. The quantitative estimate of drug-likeness (QED) is 0.543. The summed E-state index contributed by atoms with van der Waals surface area (Å²) in [6, 6.07) is 5.46. The molecule has 1 aromatic carbocycles. The summed E-state index contributed by atoms with van der Waals surface area (Å²) >= 11 is 0. The van der Waals surface area contributed by atoms with Crippen LogP contribution in [0.25, 0.3) is 0 Å². The van der Waals surface area contributed by atoms with Crippen LogP contribution in [0.15, 0.2) is 24.3 Å². The molecule has 5 nitrogen and oxygen atoms in total. The van der Waals surface area contributed by atoms with Gasteiger partial charge in [-0.05, 0) is 19.1 Å². The number of nitrogens with zero attached hydrogens (tertiary/aromatic N) is 1. The summed E-state index contributed by atoms with van der Waals surface area (Å²) in [7, 11) is 0. The van der Waals surface area contributed by atoms with Gasteiger partial charge in [0.05, 0.1) is 17.2 Å². The van der Waals surface area contributed by atoms with E-state index in [4.69, 9.17) is 10.2 Å². The molecule has 0 bridgehead atoms. The average Bonchev–Trinajstić information content (AvgIpc) is 2.52. The van der Waals surface area contributed by atoms with Crippen molar-refractivity contribution >= 4 is 11.8 Å². The van der Waals surface area contributed by atoms with E-state index in [1.807, 2.05) is 0 Å². The van der Waals surface area contributed by atoms with Crippen LogP contribution in [-0.2, 0) is 0 Å². The van der Waals surface area contributed by atoms with Gasteiger partial charge in [-0.2, -0.15) is 0 Å². The molecule has 0 saturated carbocycles. The lowest BCUT2D eigenvalue weighted by molar-refractivity contribution is -0.0811. The minimum atomic E-state index is -1.73. The highest BCUT2D eigenvalue weighted by Crippen LogP contribution is 2.24. The SMILES string of the molecule is CC(C(O)O)N1C(=O)c2ccccc2C1=O.